The molecule has 1 saturated carbocycles. The number of thiazole rings is 1. The van der Waals surface area contributed by atoms with Crippen LogP contribution in [0.25, 0.3) is 0 Å². The third-order valence-electron chi connectivity index (χ3n) is 3.38. The zero-order valence-corrected chi connectivity index (χ0v) is 12.6. The van der Waals surface area contributed by atoms with E-state index in [1.54, 1.807) is 6.92 Å². The molecular formula is C14H17N3O2S. The first kappa shape index (κ1) is 13.3. The third-order valence-corrected chi connectivity index (χ3v) is 4.15. The number of carbonyl (C=O) groups excluding carboxylic acids is 1. The second kappa shape index (κ2) is 5.01. The van der Waals surface area contributed by atoms with Crippen LogP contribution in [0.2, 0.25) is 0 Å². The summed E-state index contributed by atoms with van der Waals surface area (Å²) >= 11 is 1.47. The van der Waals surface area contributed by atoms with E-state index < -0.39 is 0 Å². The molecule has 6 heteroatoms. The number of nitrogens with zero attached hydrogens (tertiary/aromatic N) is 2. The molecule has 0 radical (unpaired) electrons. The number of hydrogen-bond acceptors (Lipinski definition) is 5. The van der Waals surface area contributed by atoms with Gasteiger partial charge in [0.15, 0.2) is 10.9 Å². The lowest BCUT2D eigenvalue weighted by Gasteiger charge is -2.04. The quantitative estimate of drug-likeness (QED) is 0.932. The minimum Gasteiger partial charge on any atom is -0.360 e. The van der Waals surface area contributed by atoms with Crippen molar-refractivity contribution in [2.75, 3.05) is 5.32 Å². The van der Waals surface area contributed by atoms with Crippen LogP contribution in [0, 0.1) is 6.92 Å². The van der Waals surface area contributed by atoms with E-state index in [1.165, 1.54) is 24.2 Å². The van der Waals surface area contributed by atoms with Gasteiger partial charge in [-0.2, -0.15) is 0 Å². The molecule has 1 amide bonds. The Morgan fingerprint density at radius 2 is 2.25 bits per heavy atom. The Morgan fingerprint density at radius 1 is 1.50 bits per heavy atom. The largest absolute Gasteiger partial charge is 0.360 e. The van der Waals surface area contributed by atoms with Crippen molar-refractivity contribution in [3.8, 4) is 0 Å². The zero-order chi connectivity index (χ0) is 14.3. The lowest BCUT2D eigenvalue weighted by Crippen LogP contribution is -2.14. The van der Waals surface area contributed by atoms with Crippen LogP contribution < -0.4 is 5.32 Å². The maximum absolute atomic E-state index is 12.4. The summed E-state index contributed by atoms with van der Waals surface area (Å²) in [6, 6.07) is 0. The summed E-state index contributed by atoms with van der Waals surface area (Å²) in [6.45, 7) is 5.73. The highest BCUT2D eigenvalue weighted by Gasteiger charge is 2.27. The van der Waals surface area contributed by atoms with Gasteiger partial charge in [0, 0.05) is 17.2 Å². The number of aryl methyl sites for hydroxylation is 1. The van der Waals surface area contributed by atoms with E-state index in [9.17, 15) is 4.79 Å². The molecule has 2 aromatic heterocycles. The molecule has 2 heterocycles. The first-order valence-corrected chi connectivity index (χ1v) is 7.67. The van der Waals surface area contributed by atoms with Gasteiger partial charge >= 0.3 is 0 Å². The van der Waals surface area contributed by atoms with E-state index in [1.807, 2.05) is 19.2 Å². The highest BCUT2D eigenvalue weighted by Crippen LogP contribution is 2.41. The molecular weight excluding hydrogens is 274 g/mol. The predicted molar refractivity (Wildman–Crippen MR) is 77.4 cm³/mol. The van der Waals surface area contributed by atoms with E-state index in [0.29, 0.717) is 28.1 Å². The van der Waals surface area contributed by atoms with Crippen molar-refractivity contribution in [2.24, 2.45) is 0 Å². The highest BCUT2D eigenvalue weighted by molar-refractivity contribution is 7.14. The van der Waals surface area contributed by atoms with E-state index >= 15 is 0 Å². The summed E-state index contributed by atoms with van der Waals surface area (Å²) in [5.41, 5.74) is 2.24. The molecule has 0 aromatic carbocycles. The number of amides is 1. The molecule has 2 aromatic rings. The number of carbonyl (C=O) groups is 1. The molecule has 0 saturated heterocycles. The van der Waals surface area contributed by atoms with Gasteiger partial charge in [-0.05, 0) is 19.8 Å². The Kier molecular flexibility index (Phi) is 3.33. The minimum atomic E-state index is -0.191. The Hall–Kier alpha value is -1.69. The highest BCUT2D eigenvalue weighted by atomic mass is 32.1. The molecule has 5 nitrogen and oxygen atoms in total. The molecule has 106 valence electrons. The first-order valence-electron chi connectivity index (χ1n) is 6.79. The minimum absolute atomic E-state index is 0.121. The van der Waals surface area contributed by atoms with Crippen molar-refractivity contribution in [3.05, 3.63) is 28.1 Å². The topological polar surface area (TPSA) is 68.0 Å². The smallest absolute Gasteiger partial charge is 0.262 e. The summed E-state index contributed by atoms with van der Waals surface area (Å²) in [5, 5.41) is 9.41. The monoisotopic (exact) mass is 291 g/mol. The van der Waals surface area contributed by atoms with Gasteiger partial charge in [0.05, 0.1) is 11.4 Å². The van der Waals surface area contributed by atoms with Crippen LogP contribution in [0.1, 0.15) is 66.0 Å². The van der Waals surface area contributed by atoms with Gasteiger partial charge in [0.2, 0.25) is 0 Å². The van der Waals surface area contributed by atoms with E-state index in [-0.39, 0.29) is 11.8 Å². The summed E-state index contributed by atoms with van der Waals surface area (Å²) in [6.07, 6.45) is 2.42. The standard InChI is InChI=1S/C14H17N3O2S/c1-7(2)12-11(8(3)17-19-12)13(18)16-14-15-10(6-20-14)9-4-5-9/h6-7,9H,4-5H2,1-3H3,(H,15,16,18). The second-order valence-corrected chi connectivity index (χ2v) is 6.33. The molecule has 1 N–H and O–H groups in total. The third kappa shape index (κ3) is 2.47. The molecule has 1 fully saturated rings. The van der Waals surface area contributed by atoms with E-state index in [0.717, 1.165) is 5.69 Å². The van der Waals surface area contributed by atoms with Crippen LogP contribution >= 0.6 is 11.3 Å². The fraction of sp³-hybridized carbons (Fsp3) is 0.500. The Balaban J connectivity index is 1.79. The van der Waals surface area contributed by atoms with Gasteiger partial charge < -0.3 is 4.52 Å². The Labute approximate surface area is 121 Å². The van der Waals surface area contributed by atoms with Crippen LogP contribution in [-0.2, 0) is 0 Å². The average molecular weight is 291 g/mol. The van der Waals surface area contributed by atoms with Crippen LogP contribution in [-0.4, -0.2) is 16.0 Å². The fourth-order valence-corrected chi connectivity index (χ4v) is 2.91. The molecule has 0 aliphatic heterocycles. The van der Waals surface area contributed by atoms with Crippen molar-refractivity contribution >= 4 is 22.4 Å². The van der Waals surface area contributed by atoms with Gasteiger partial charge in [0.1, 0.15) is 5.56 Å². The summed E-state index contributed by atoms with van der Waals surface area (Å²) in [5.74, 6) is 1.15. The number of nitrogens with one attached hydrogen (secondary N) is 1. The van der Waals surface area contributed by atoms with E-state index in [2.05, 4.69) is 15.5 Å². The van der Waals surface area contributed by atoms with E-state index in [4.69, 9.17) is 4.52 Å². The summed E-state index contributed by atoms with van der Waals surface area (Å²) in [4.78, 5) is 16.8. The predicted octanol–water partition coefficient (Wildman–Crippen LogP) is 3.69. The van der Waals surface area contributed by atoms with Crippen molar-refractivity contribution < 1.29 is 9.32 Å². The SMILES string of the molecule is Cc1noc(C(C)C)c1C(=O)Nc1nc(C2CC2)cs1. The number of hydrogen-bond donors (Lipinski definition) is 1. The number of aromatic nitrogens is 2. The van der Waals surface area contributed by atoms with Crippen LogP contribution in [0.15, 0.2) is 9.90 Å². The molecule has 3 rings (SSSR count). The molecule has 1 aliphatic carbocycles. The summed E-state index contributed by atoms with van der Waals surface area (Å²) in [7, 11) is 0. The molecule has 0 bridgehead atoms. The fourth-order valence-electron chi connectivity index (χ4n) is 2.13. The maximum Gasteiger partial charge on any atom is 0.262 e. The second-order valence-electron chi connectivity index (χ2n) is 5.47. The van der Waals surface area contributed by atoms with Gasteiger partial charge in [0.25, 0.3) is 5.91 Å². The van der Waals surface area contributed by atoms with Crippen LogP contribution in [0.5, 0.6) is 0 Å². The van der Waals surface area contributed by atoms with Gasteiger partial charge in [-0.15, -0.1) is 11.3 Å². The first-order chi connectivity index (χ1) is 9.56. The normalized spacial score (nSPS) is 14.8. The van der Waals surface area contributed by atoms with Gasteiger partial charge in [-0.3, -0.25) is 10.1 Å². The van der Waals surface area contributed by atoms with Crippen molar-refractivity contribution in [1.82, 2.24) is 10.1 Å². The molecule has 0 unspecified atom stereocenters. The van der Waals surface area contributed by atoms with Crippen LogP contribution in [0.4, 0.5) is 5.13 Å². The number of rotatable bonds is 4. The lowest BCUT2D eigenvalue weighted by atomic mass is 10.0. The van der Waals surface area contributed by atoms with Crippen molar-refractivity contribution in [2.45, 2.75) is 45.4 Å². The van der Waals surface area contributed by atoms with Crippen molar-refractivity contribution in [3.63, 3.8) is 0 Å². The average Bonchev–Trinajstić information content (AvgIpc) is 3.01. The Bertz CT molecular complexity index is 641. The molecule has 20 heavy (non-hydrogen) atoms. The Morgan fingerprint density at radius 3 is 2.90 bits per heavy atom. The summed E-state index contributed by atoms with van der Waals surface area (Å²) < 4.78 is 5.24. The maximum atomic E-state index is 12.4. The molecule has 0 spiro atoms. The van der Waals surface area contributed by atoms with Crippen LogP contribution in [0.3, 0.4) is 0 Å². The lowest BCUT2D eigenvalue weighted by molar-refractivity contribution is 0.102. The van der Waals surface area contributed by atoms with Crippen molar-refractivity contribution in [1.29, 1.82) is 0 Å². The van der Waals surface area contributed by atoms with Gasteiger partial charge in [-0.25, -0.2) is 4.98 Å². The zero-order valence-electron chi connectivity index (χ0n) is 11.8. The number of anilines is 1. The molecule has 1 aliphatic rings. The van der Waals surface area contributed by atoms with Gasteiger partial charge in [-0.1, -0.05) is 19.0 Å². The molecule has 0 atom stereocenters.